The van der Waals surface area contributed by atoms with Crippen LogP contribution in [0.4, 0.5) is 11.4 Å². The van der Waals surface area contributed by atoms with E-state index in [2.05, 4.69) is 0 Å². The van der Waals surface area contributed by atoms with Crippen LogP contribution in [0, 0.1) is 16.0 Å². The van der Waals surface area contributed by atoms with Crippen LogP contribution in [0.5, 0.6) is 11.5 Å². The molecule has 0 aromatic heterocycles. The van der Waals surface area contributed by atoms with Crippen molar-refractivity contribution in [2.75, 3.05) is 32.2 Å². The molecule has 0 unspecified atom stereocenters. The van der Waals surface area contributed by atoms with Gasteiger partial charge in [0.15, 0.2) is 0 Å². The fourth-order valence-corrected chi connectivity index (χ4v) is 3.50. The van der Waals surface area contributed by atoms with Gasteiger partial charge in [-0.2, -0.15) is 0 Å². The highest BCUT2D eigenvalue weighted by atomic mass is 16.6. The Kier molecular flexibility index (Phi) is 6.54. The van der Waals surface area contributed by atoms with Gasteiger partial charge in [0.25, 0.3) is 5.69 Å². The van der Waals surface area contributed by atoms with E-state index < -0.39 is 0 Å². The number of anilines is 1. The number of piperidine rings is 1. The Morgan fingerprint density at radius 2 is 1.86 bits per heavy atom. The molecule has 0 amide bonds. The number of methoxy groups -OCH3 is 2. The summed E-state index contributed by atoms with van der Waals surface area (Å²) in [6.07, 6.45) is 1.17. The van der Waals surface area contributed by atoms with Crippen LogP contribution in [0.15, 0.2) is 42.5 Å². The zero-order valence-electron chi connectivity index (χ0n) is 16.5. The molecule has 29 heavy (non-hydrogen) atoms. The Bertz CT molecular complexity index is 877. The van der Waals surface area contributed by atoms with Crippen LogP contribution in [0.25, 0.3) is 0 Å². The van der Waals surface area contributed by atoms with Gasteiger partial charge in [-0.25, -0.2) is 0 Å². The number of carbonyl (C=O) groups is 1. The zero-order chi connectivity index (χ0) is 20.8. The second-order valence-corrected chi connectivity index (χ2v) is 6.79. The van der Waals surface area contributed by atoms with E-state index in [4.69, 9.17) is 14.2 Å². The average molecular weight is 400 g/mol. The van der Waals surface area contributed by atoms with E-state index >= 15 is 0 Å². The molecule has 0 aliphatic carbocycles. The van der Waals surface area contributed by atoms with Crippen molar-refractivity contribution in [3.8, 4) is 11.5 Å². The van der Waals surface area contributed by atoms with Crippen LogP contribution >= 0.6 is 0 Å². The molecule has 2 aromatic carbocycles. The van der Waals surface area contributed by atoms with Crippen molar-refractivity contribution >= 4 is 17.3 Å². The first-order valence-corrected chi connectivity index (χ1v) is 9.39. The van der Waals surface area contributed by atoms with E-state index in [1.165, 1.54) is 6.07 Å². The van der Waals surface area contributed by atoms with Gasteiger partial charge in [-0.1, -0.05) is 12.1 Å². The highest BCUT2D eigenvalue weighted by Crippen LogP contribution is 2.32. The summed E-state index contributed by atoms with van der Waals surface area (Å²) < 4.78 is 16.0. The molecular weight excluding hydrogens is 376 g/mol. The topological polar surface area (TPSA) is 91.1 Å². The monoisotopic (exact) mass is 400 g/mol. The van der Waals surface area contributed by atoms with Gasteiger partial charge in [0.1, 0.15) is 23.8 Å². The highest BCUT2D eigenvalue weighted by molar-refractivity contribution is 5.73. The Morgan fingerprint density at radius 1 is 1.14 bits per heavy atom. The summed E-state index contributed by atoms with van der Waals surface area (Å²) in [4.78, 5) is 25.3. The van der Waals surface area contributed by atoms with E-state index in [1.54, 1.807) is 50.6 Å². The molecule has 154 valence electrons. The normalized spacial score (nSPS) is 14.3. The molecule has 1 fully saturated rings. The lowest BCUT2D eigenvalue weighted by Crippen LogP contribution is -2.37. The second-order valence-electron chi connectivity index (χ2n) is 6.79. The van der Waals surface area contributed by atoms with Gasteiger partial charge in [-0.15, -0.1) is 0 Å². The molecule has 1 aliphatic heterocycles. The van der Waals surface area contributed by atoms with Crippen molar-refractivity contribution in [1.82, 2.24) is 0 Å². The molecule has 8 nitrogen and oxygen atoms in total. The highest BCUT2D eigenvalue weighted by Gasteiger charge is 2.29. The lowest BCUT2D eigenvalue weighted by molar-refractivity contribution is -0.384. The summed E-state index contributed by atoms with van der Waals surface area (Å²) in [6.45, 7) is 1.23. The molecule has 1 saturated heterocycles. The Hall–Kier alpha value is -3.29. The maximum atomic E-state index is 12.5. The van der Waals surface area contributed by atoms with Gasteiger partial charge in [0.2, 0.25) is 0 Å². The van der Waals surface area contributed by atoms with Crippen LogP contribution in [-0.4, -0.2) is 38.2 Å². The molecule has 0 spiro atoms. The summed E-state index contributed by atoms with van der Waals surface area (Å²) in [7, 11) is 3.13. The summed E-state index contributed by atoms with van der Waals surface area (Å²) in [5, 5.41) is 11.2. The van der Waals surface area contributed by atoms with E-state index in [-0.39, 0.29) is 29.1 Å². The first-order valence-electron chi connectivity index (χ1n) is 9.39. The van der Waals surface area contributed by atoms with E-state index in [1.807, 2.05) is 4.90 Å². The third-order valence-corrected chi connectivity index (χ3v) is 5.10. The number of carbonyl (C=O) groups excluding carboxylic acids is 1. The van der Waals surface area contributed by atoms with Gasteiger partial charge >= 0.3 is 5.97 Å². The van der Waals surface area contributed by atoms with Gasteiger partial charge in [0, 0.05) is 24.7 Å². The summed E-state index contributed by atoms with van der Waals surface area (Å²) in [6, 6.07) is 12.0. The van der Waals surface area contributed by atoms with Crippen molar-refractivity contribution in [2.24, 2.45) is 5.92 Å². The smallest absolute Gasteiger partial charge is 0.309 e. The van der Waals surface area contributed by atoms with Crippen molar-refractivity contribution in [2.45, 2.75) is 19.4 Å². The lowest BCUT2D eigenvalue weighted by Gasteiger charge is -2.32. The lowest BCUT2D eigenvalue weighted by atomic mass is 9.96. The number of esters is 1. The molecule has 0 radical (unpaired) electrons. The predicted molar refractivity (Wildman–Crippen MR) is 107 cm³/mol. The largest absolute Gasteiger partial charge is 0.497 e. The molecule has 0 bridgehead atoms. The number of nitrogens with zero attached hydrogens (tertiary/aromatic N) is 2. The maximum Gasteiger partial charge on any atom is 0.309 e. The molecule has 0 N–H and O–H groups in total. The third kappa shape index (κ3) is 4.77. The number of nitro benzene ring substituents is 1. The van der Waals surface area contributed by atoms with Crippen LogP contribution in [-0.2, 0) is 16.1 Å². The standard InChI is InChI=1S/C21H24N2O6/c1-27-17-7-8-20(28-2)16(13-17)14-29-21(24)15-9-11-22(12-10-15)18-5-3-4-6-19(18)23(25)26/h3-8,13,15H,9-12,14H2,1-2H3. The minimum atomic E-state index is -0.378. The fraction of sp³-hybridized carbons (Fsp3) is 0.381. The first-order chi connectivity index (χ1) is 14.0. The molecule has 1 aliphatic rings. The number of hydrogen-bond acceptors (Lipinski definition) is 7. The molecule has 1 heterocycles. The first kappa shape index (κ1) is 20.4. The second kappa shape index (κ2) is 9.27. The van der Waals surface area contributed by atoms with E-state index in [0.29, 0.717) is 43.1 Å². The number of nitro groups is 1. The average Bonchev–Trinajstić information content (AvgIpc) is 2.77. The number of benzene rings is 2. The van der Waals surface area contributed by atoms with Crippen molar-refractivity contribution < 1.29 is 23.9 Å². The number of para-hydroxylation sites is 2. The van der Waals surface area contributed by atoms with E-state index in [9.17, 15) is 14.9 Å². The van der Waals surface area contributed by atoms with E-state index in [0.717, 1.165) is 5.56 Å². The van der Waals surface area contributed by atoms with Crippen molar-refractivity contribution in [3.05, 3.63) is 58.1 Å². The molecule has 0 saturated carbocycles. The van der Waals surface area contributed by atoms with Crippen LogP contribution in [0.2, 0.25) is 0 Å². The summed E-state index contributed by atoms with van der Waals surface area (Å²) in [5.41, 5.74) is 1.40. The van der Waals surface area contributed by atoms with Gasteiger partial charge in [0.05, 0.1) is 25.1 Å². The number of rotatable bonds is 7. The van der Waals surface area contributed by atoms with Crippen LogP contribution in [0.1, 0.15) is 18.4 Å². The minimum Gasteiger partial charge on any atom is -0.497 e. The van der Waals surface area contributed by atoms with Crippen LogP contribution < -0.4 is 14.4 Å². The van der Waals surface area contributed by atoms with Gasteiger partial charge in [-0.3, -0.25) is 14.9 Å². The Labute approximate surface area is 169 Å². The molecule has 8 heteroatoms. The molecule has 0 atom stereocenters. The minimum absolute atomic E-state index is 0.0821. The summed E-state index contributed by atoms with van der Waals surface area (Å²) in [5.74, 6) is 0.794. The summed E-state index contributed by atoms with van der Waals surface area (Å²) >= 11 is 0. The number of ether oxygens (including phenoxy) is 3. The maximum absolute atomic E-state index is 12.5. The van der Waals surface area contributed by atoms with Crippen molar-refractivity contribution in [3.63, 3.8) is 0 Å². The quantitative estimate of drug-likeness (QED) is 0.399. The van der Waals surface area contributed by atoms with Crippen molar-refractivity contribution in [1.29, 1.82) is 0 Å². The number of hydrogen-bond donors (Lipinski definition) is 0. The third-order valence-electron chi connectivity index (χ3n) is 5.10. The van der Waals surface area contributed by atoms with Gasteiger partial charge in [-0.05, 0) is 37.1 Å². The van der Waals surface area contributed by atoms with Gasteiger partial charge < -0.3 is 19.1 Å². The Morgan fingerprint density at radius 3 is 2.52 bits per heavy atom. The Balaban J connectivity index is 1.58. The molecule has 3 rings (SSSR count). The molecule has 2 aromatic rings. The SMILES string of the molecule is COc1ccc(OC)c(COC(=O)C2CCN(c3ccccc3[N+](=O)[O-])CC2)c1. The predicted octanol–water partition coefficient (Wildman–Crippen LogP) is 3.57. The fourth-order valence-electron chi connectivity index (χ4n) is 3.50. The molecular formula is C21H24N2O6. The van der Waals surface area contributed by atoms with Crippen LogP contribution in [0.3, 0.4) is 0 Å². The zero-order valence-corrected chi connectivity index (χ0v) is 16.5.